The van der Waals surface area contributed by atoms with Gasteiger partial charge in [-0.2, -0.15) is 0 Å². The maximum atomic E-state index is 2.54. The Bertz CT molecular complexity index is 60.8. The van der Waals surface area contributed by atoms with E-state index in [0.29, 0.717) is 0 Å². The van der Waals surface area contributed by atoms with E-state index in [4.69, 9.17) is 0 Å². The normalized spacial score (nSPS) is 35.2. The van der Waals surface area contributed by atoms with E-state index < -0.39 is 0 Å². The predicted octanol–water partition coefficient (Wildman–Crippen LogP) is 2.70. The summed E-state index contributed by atoms with van der Waals surface area (Å²) >= 11 is -0.341. The van der Waals surface area contributed by atoms with Crippen molar-refractivity contribution in [1.29, 1.82) is 0 Å². The molecule has 1 saturated heterocycles. The van der Waals surface area contributed by atoms with Crippen LogP contribution in [0, 0.1) is 0 Å². The molecule has 1 aliphatic rings. The Morgan fingerprint density at radius 2 is 2.12 bits per heavy atom. The topological polar surface area (TPSA) is 0 Å². The molecule has 0 amide bonds. The van der Waals surface area contributed by atoms with Crippen LogP contribution < -0.4 is 0 Å². The van der Waals surface area contributed by atoms with Crippen LogP contribution in [0.25, 0.3) is 0 Å². The minimum absolute atomic E-state index is 0.341. The van der Waals surface area contributed by atoms with Crippen molar-refractivity contribution < 1.29 is 0 Å². The molecule has 0 aliphatic carbocycles. The zero-order valence-corrected chi connectivity index (χ0v) is 7.94. The van der Waals surface area contributed by atoms with Crippen molar-refractivity contribution in [3.05, 3.63) is 0 Å². The van der Waals surface area contributed by atoms with Crippen LogP contribution in [0.15, 0.2) is 0 Å². The van der Waals surface area contributed by atoms with Crippen LogP contribution in [0.1, 0.15) is 26.2 Å². The molecule has 0 N–H and O–H groups in total. The van der Waals surface area contributed by atoms with Gasteiger partial charge in [0.05, 0.1) is 0 Å². The van der Waals surface area contributed by atoms with Gasteiger partial charge in [-0.25, -0.2) is 0 Å². The van der Waals surface area contributed by atoms with Crippen molar-refractivity contribution >= 4 is 19.8 Å². The molecule has 0 nitrogen and oxygen atoms in total. The second-order valence-corrected chi connectivity index (χ2v) is 9.46. The zero-order chi connectivity index (χ0) is 5.98. The quantitative estimate of drug-likeness (QED) is 0.440. The van der Waals surface area contributed by atoms with Crippen LogP contribution in [0.3, 0.4) is 0 Å². The Morgan fingerprint density at radius 3 is 2.50 bits per heavy atom. The molecule has 50 valence electrons. The molecule has 1 heterocycles. The average Bonchev–Trinajstić information content (AvgIpc) is 1.77. The SMILES string of the molecule is C[C@H]1CCCCI1C. The second-order valence-electron chi connectivity index (χ2n) is 2.61. The van der Waals surface area contributed by atoms with Crippen molar-refractivity contribution in [3.8, 4) is 0 Å². The molecule has 8 heavy (non-hydrogen) atoms. The molecule has 1 heteroatoms. The number of alkyl halides is 3. The molecule has 0 bridgehead atoms. The second kappa shape index (κ2) is 3.04. The van der Waals surface area contributed by atoms with Crippen molar-refractivity contribution in [2.75, 3.05) is 9.36 Å². The molecule has 0 aromatic carbocycles. The fourth-order valence-electron chi connectivity index (χ4n) is 1.10. The Balaban J connectivity index is 2.28. The summed E-state index contributed by atoms with van der Waals surface area (Å²) in [5.74, 6) is 0. The number of rotatable bonds is 0. The van der Waals surface area contributed by atoms with Crippen molar-refractivity contribution in [3.63, 3.8) is 0 Å². The van der Waals surface area contributed by atoms with E-state index in [1.54, 1.807) is 17.3 Å². The molecule has 1 rings (SSSR count). The molecule has 0 saturated carbocycles. The van der Waals surface area contributed by atoms with Gasteiger partial charge >= 0.3 is 59.3 Å². The monoisotopic (exact) mass is 226 g/mol. The molecule has 1 aliphatic heterocycles. The fraction of sp³-hybridized carbons (Fsp3) is 1.00. The summed E-state index contributed by atoms with van der Waals surface area (Å²) in [5, 5.41) is 0. The van der Waals surface area contributed by atoms with Gasteiger partial charge in [-0.3, -0.25) is 0 Å². The van der Waals surface area contributed by atoms with Crippen LogP contribution in [0.4, 0.5) is 0 Å². The first-order valence-electron chi connectivity index (χ1n) is 3.35. The number of halogens is 1. The van der Waals surface area contributed by atoms with Crippen LogP contribution >= 0.6 is 19.8 Å². The van der Waals surface area contributed by atoms with Gasteiger partial charge in [0.1, 0.15) is 0 Å². The average molecular weight is 226 g/mol. The zero-order valence-electron chi connectivity index (χ0n) is 5.78. The summed E-state index contributed by atoms with van der Waals surface area (Å²) in [4.78, 5) is 2.54. The summed E-state index contributed by atoms with van der Waals surface area (Å²) in [7, 11) is 0. The first-order chi connectivity index (χ1) is 3.80. The van der Waals surface area contributed by atoms with E-state index >= 15 is 0 Å². The molecule has 0 radical (unpaired) electrons. The third kappa shape index (κ3) is 1.61. The minimum atomic E-state index is -0.341. The summed E-state index contributed by atoms with van der Waals surface area (Å²) in [6.45, 7) is 2.45. The van der Waals surface area contributed by atoms with Crippen molar-refractivity contribution in [2.45, 2.75) is 30.1 Å². The Kier molecular flexibility index (Phi) is 2.60. The van der Waals surface area contributed by atoms with Crippen LogP contribution in [-0.4, -0.2) is 13.3 Å². The standard InChI is InChI=1S/C7H15I/c1-7-5-3-4-6-8(7)2/h7H,3-6H2,1-2H3/t7-/m0/s1. The van der Waals surface area contributed by atoms with Gasteiger partial charge in [0.15, 0.2) is 0 Å². The van der Waals surface area contributed by atoms with Gasteiger partial charge < -0.3 is 0 Å². The molecule has 0 aromatic heterocycles. The van der Waals surface area contributed by atoms with E-state index in [0.717, 1.165) is 3.92 Å². The Labute approximate surface area is 59.4 Å². The van der Waals surface area contributed by atoms with Gasteiger partial charge in [-0.05, 0) is 0 Å². The molecule has 1 fully saturated rings. The molecular formula is C7H15I. The number of hydrogen-bond acceptors (Lipinski definition) is 0. The molecule has 0 unspecified atom stereocenters. The van der Waals surface area contributed by atoms with E-state index in [1.807, 2.05) is 0 Å². The Morgan fingerprint density at radius 1 is 1.38 bits per heavy atom. The Hall–Kier alpha value is 0.730. The third-order valence-electron chi connectivity index (χ3n) is 1.92. The van der Waals surface area contributed by atoms with Crippen LogP contribution in [0.2, 0.25) is 0 Å². The summed E-state index contributed by atoms with van der Waals surface area (Å²) < 4.78 is 2.79. The van der Waals surface area contributed by atoms with Crippen molar-refractivity contribution in [2.24, 2.45) is 0 Å². The van der Waals surface area contributed by atoms with E-state index in [9.17, 15) is 0 Å². The summed E-state index contributed by atoms with van der Waals surface area (Å²) in [6, 6.07) is 0. The molecule has 0 spiro atoms. The fourth-order valence-corrected chi connectivity index (χ4v) is 5.41. The van der Waals surface area contributed by atoms with Gasteiger partial charge in [0, 0.05) is 0 Å². The van der Waals surface area contributed by atoms with Gasteiger partial charge in [-0.1, -0.05) is 0 Å². The summed E-state index contributed by atoms with van der Waals surface area (Å²) in [6.07, 6.45) is 4.61. The summed E-state index contributed by atoms with van der Waals surface area (Å²) in [5.41, 5.74) is 0. The third-order valence-corrected chi connectivity index (χ3v) is 8.64. The van der Waals surface area contributed by atoms with Gasteiger partial charge in [0.25, 0.3) is 0 Å². The first-order valence-corrected chi connectivity index (χ1v) is 8.28. The number of hydrogen-bond donors (Lipinski definition) is 0. The van der Waals surface area contributed by atoms with Crippen molar-refractivity contribution in [1.82, 2.24) is 0 Å². The molecule has 0 aromatic rings. The van der Waals surface area contributed by atoms with E-state index in [-0.39, 0.29) is 19.8 Å². The molecular weight excluding hydrogens is 211 g/mol. The molecule has 1 atom stereocenters. The predicted molar refractivity (Wildman–Crippen MR) is 48.1 cm³/mol. The van der Waals surface area contributed by atoms with E-state index in [2.05, 4.69) is 11.9 Å². The first kappa shape index (κ1) is 6.84. The maximum absolute atomic E-state index is 2.54. The van der Waals surface area contributed by atoms with Crippen LogP contribution in [-0.2, 0) is 0 Å². The van der Waals surface area contributed by atoms with Crippen LogP contribution in [0.5, 0.6) is 0 Å². The van der Waals surface area contributed by atoms with Gasteiger partial charge in [-0.15, -0.1) is 0 Å². The van der Waals surface area contributed by atoms with E-state index in [1.165, 1.54) is 6.42 Å². The van der Waals surface area contributed by atoms with Gasteiger partial charge in [0.2, 0.25) is 0 Å².